The highest BCUT2D eigenvalue weighted by molar-refractivity contribution is 7.90. The summed E-state index contributed by atoms with van der Waals surface area (Å²) in [5.41, 5.74) is 1.35. The van der Waals surface area contributed by atoms with E-state index in [0.29, 0.717) is 47.9 Å². The van der Waals surface area contributed by atoms with E-state index in [9.17, 15) is 18.0 Å². The van der Waals surface area contributed by atoms with Gasteiger partial charge in [0.1, 0.15) is 0 Å². The summed E-state index contributed by atoms with van der Waals surface area (Å²) >= 11 is 0. The highest BCUT2D eigenvalue weighted by atomic mass is 32.2. The average molecular weight is 477 g/mol. The van der Waals surface area contributed by atoms with Crippen LogP contribution in [0.25, 0.3) is 0 Å². The van der Waals surface area contributed by atoms with Crippen molar-refractivity contribution >= 4 is 21.7 Å². The summed E-state index contributed by atoms with van der Waals surface area (Å²) in [4.78, 5) is 26.1. The number of hydrazine groups is 1. The molecule has 1 aliphatic rings. The molecule has 0 aliphatic carbocycles. The number of sulfone groups is 1. The monoisotopic (exact) mass is 476 g/mol. The van der Waals surface area contributed by atoms with E-state index in [1.54, 1.807) is 24.3 Å². The molecular formula is C23H28N2O7S. The third-order valence-electron chi connectivity index (χ3n) is 5.39. The Morgan fingerprint density at radius 2 is 1.30 bits per heavy atom. The number of hydrogen-bond acceptors (Lipinski definition) is 7. The van der Waals surface area contributed by atoms with Crippen LogP contribution < -0.4 is 14.2 Å². The van der Waals surface area contributed by atoms with E-state index in [1.807, 2.05) is 0 Å². The molecule has 0 radical (unpaired) electrons. The number of ether oxygens (including phenoxy) is 3. The zero-order valence-electron chi connectivity index (χ0n) is 19.2. The van der Waals surface area contributed by atoms with Gasteiger partial charge >= 0.3 is 0 Å². The normalized spacial score (nSPS) is 13.7. The van der Waals surface area contributed by atoms with Gasteiger partial charge in [-0.15, -0.1) is 0 Å². The molecule has 2 amide bonds. The van der Waals surface area contributed by atoms with Crippen LogP contribution in [0.15, 0.2) is 41.3 Å². The molecule has 0 unspecified atom stereocenters. The summed E-state index contributed by atoms with van der Waals surface area (Å²) in [6, 6.07) is 9.62. The lowest BCUT2D eigenvalue weighted by Gasteiger charge is -2.28. The fourth-order valence-electron chi connectivity index (χ4n) is 3.75. The van der Waals surface area contributed by atoms with Crippen molar-refractivity contribution in [3.05, 3.63) is 47.5 Å². The van der Waals surface area contributed by atoms with E-state index in [4.69, 9.17) is 14.2 Å². The molecule has 33 heavy (non-hydrogen) atoms. The van der Waals surface area contributed by atoms with Crippen LogP contribution >= 0.6 is 0 Å². The highest BCUT2D eigenvalue weighted by Gasteiger charge is 2.31. The van der Waals surface area contributed by atoms with E-state index in [-0.39, 0.29) is 29.6 Å². The van der Waals surface area contributed by atoms with Crippen LogP contribution in [0.2, 0.25) is 0 Å². The first-order valence-electron chi connectivity index (χ1n) is 10.4. The number of benzene rings is 2. The Morgan fingerprint density at radius 3 is 1.73 bits per heavy atom. The average Bonchev–Trinajstić information content (AvgIpc) is 3.28. The maximum atomic E-state index is 13.0. The lowest BCUT2D eigenvalue weighted by Crippen LogP contribution is -2.46. The second-order valence-electron chi connectivity index (χ2n) is 7.69. The Morgan fingerprint density at radius 1 is 0.818 bits per heavy atom. The Kier molecular flexibility index (Phi) is 7.47. The lowest BCUT2D eigenvalue weighted by molar-refractivity contribution is -0.157. The van der Waals surface area contributed by atoms with Crippen molar-refractivity contribution < 1.29 is 32.2 Å². The van der Waals surface area contributed by atoms with Gasteiger partial charge in [-0.1, -0.05) is 12.1 Å². The van der Waals surface area contributed by atoms with Gasteiger partial charge in [0, 0.05) is 19.3 Å². The number of rotatable bonds is 8. The van der Waals surface area contributed by atoms with E-state index < -0.39 is 9.84 Å². The fourth-order valence-corrected chi connectivity index (χ4v) is 4.38. The molecule has 3 rings (SSSR count). The molecule has 0 atom stereocenters. The topological polar surface area (TPSA) is 102 Å². The number of carbonyl (C=O) groups excluding carboxylic acids is 2. The summed E-state index contributed by atoms with van der Waals surface area (Å²) in [5.74, 6) is 0.898. The lowest BCUT2D eigenvalue weighted by atomic mass is 10.1. The zero-order valence-corrected chi connectivity index (χ0v) is 20.0. The maximum absolute atomic E-state index is 13.0. The van der Waals surface area contributed by atoms with E-state index >= 15 is 0 Å². The van der Waals surface area contributed by atoms with Crippen molar-refractivity contribution in [3.63, 3.8) is 0 Å². The SMILES string of the molecule is COc1cc(CC(=O)N2CCCN2C(=O)Cc2ccc(S(C)(=O)=O)cc2)cc(OC)c1OC. The van der Waals surface area contributed by atoms with Crippen LogP contribution in [0.1, 0.15) is 17.5 Å². The third kappa shape index (κ3) is 5.57. The highest BCUT2D eigenvalue weighted by Crippen LogP contribution is 2.38. The molecule has 1 fully saturated rings. The molecule has 0 bridgehead atoms. The van der Waals surface area contributed by atoms with Crippen LogP contribution in [0.3, 0.4) is 0 Å². The van der Waals surface area contributed by atoms with Gasteiger partial charge in [0.15, 0.2) is 21.3 Å². The minimum absolute atomic E-state index is 0.0591. The van der Waals surface area contributed by atoms with Crippen LogP contribution in [-0.4, -0.2) is 70.9 Å². The molecule has 178 valence electrons. The Hall–Kier alpha value is -3.27. The Labute approximate surface area is 193 Å². The molecule has 2 aromatic rings. The Balaban J connectivity index is 1.72. The molecule has 0 N–H and O–H groups in total. The first-order valence-corrected chi connectivity index (χ1v) is 12.3. The van der Waals surface area contributed by atoms with Gasteiger partial charge in [0.2, 0.25) is 17.6 Å². The van der Waals surface area contributed by atoms with Crippen molar-refractivity contribution in [2.45, 2.75) is 24.2 Å². The molecule has 1 saturated heterocycles. The molecule has 10 heteroatoms. The van der Waals surface area contributed by atoms with Gasteiger partial charge in [-0.05, 0) is 41.8 Å². The van der Waals surface area contributed by atoms with Crippen molar-refractivity contribution in [3.8, 4) is 17.2 Å². The van der Waals surface area contributed by atoms with Gasteiger partial charge < -0.3 is 14.2 Å². The molecule has 1 heterocycles. The van der Waals surface area contributed by atoms with Gasteiger partial charge in [0.05, 0.1) is 39.1 Å². The van der Waals surface area contributed by atoms with Crippen LogP contribution in [0.4, 0.5) is 0 Å². The van der Waals surface area contributed by atoms with Gasteiger partial charge in [0.25, 0.3) is 0 Å². The summed E-state index contributed by atoms with van der Waals surface area (Å²) < 4.78 is 39.3. The van der Waals surface area contributed by atoms with Crippen molar-refractivity contribution in [2.24, 2.45) is 0 Å². The summed E-state index contributed by atoms with van der Waals surface area (Å²) in [5, 5.41) is 2.93. The van der Waals surface area contributed by atoms with E-state index in [2.05, 4.69) is 0 Å². The summed E-state index contributed by atoms with van der Waals surface area (Å²) in [6.45, 7) is 0.892. The number of amides is 2. The molecule has 2 aromatic carbocycles. The van der Waals surface area contributed by atoms with Crippen LogP contribution in [-0.2, 0) is 32.3 Å². The van der Waals surface area contributed by atoms with Crippen LogP contribution in [0.5, 0.6) is 17.2 Å². The van der Waals surface area contributed by atoms with Crippen LogP contribution in [0, 0.1) is 0 Å². The summed E-state index contributed by atoms with van der Waals surface area (Å²) in [7, 11) is 1.22. The predicted molar refractivity (Wildman–Crippen MR) is 121 cm³/mol. The number of methoxy groups -OCH3 is 3. The molecular weight excluding hydrogens is 448 g/mol. The molecule has 1 aliphatic heterocycles. The first-order chi connectivity index (χ1) is 15.7. The molecule has 0 spiro atoms. The zero-order chi connectivity index (χ0) is 24.2. The van der Waals surface area contributed by atoms with Crippen molar-refractivity contribution in [2.75, 3.05) is 40.7 Å². The molecule has 0 saturated carbocycles. The van der Waals surface area contributed by atoms with Gasteiger partial charge in [-0.3, -0.25) is 19.6 Å². The first kappa shape index (κ1) is 24.4. The molecule has 9 nitrogen and oxygen atoms in total. The van der Waals surface area contributed by atoms with Gasteiger partial charge in [-0.2, -0.15) is 0 Å². The largest absolute Gasteiger partial charge is 0.493 e. The Bertz CT molecular complexity index is 1100. The minimum Gasteiger partial charge on any atom is -0.493 e. The second-order valence-corrected chi connectivity index (χ2v) is 9.71. The smallest absolute Gasteiger partial charge is 0.245 e. The molecule has 0 aromatic heterocycles. The van der Waals surface area contributed by atoms with Gasteiger partial charge in [-0.25, -0.2) is 8.42 Å². The minimum atomic E-state index is -3.30. The second kappa shape index (κ2) is 10.1. The maximum Gasteiger partial charge on any atom is 0.245 e. The summed E-state index contributed by atoms with van der Waals surface area (Å²) in [6.07, 6.45) is 1.94. The quantitative estimate of drug-likeness (QED) is 0.573. The standard InChI is InChI=1S/C23H28N2O7S/c1-30-19-12-17(13-20(31-2)23(19)32-3)15-22(27)25-11-5-10-24(25)21(26)14-16-6-8-18(9-7-16)33(4,28)29/h6-9,12-13H,5,10-11,14-15H2,1-4H3. The third-order valence-corrected chi connectivity index (χ3v) is 6.52. The van der Waals surface area contributed by atoms with E-state index in [0.717, 1.165) is 6.26 Å². The van der Waals surface area contributed by atoms with E-state index in [1.165, 1.54) is 43.5 Å². The van der Waals surface area contributed by atoms with Crippen molar-refractivity contribution in [1.82, 2.24) is 10.0 Å². The predicted octanol–water partition coefficient (Wildman–Crippen LogP) is 1.88. The number of carbonyl (C=O) groups is 2. The number of nitrogens with zero attached hydrogens (tertiary/aromatic N) is 2. The number of hydrogen-bond donors (Lipinski definition) is 0. The fraction of sp³-hybridized carbons (Fsp3) is 0.391. The van der Waals surface area contributed by atoms with Crippen molar-refractivity contribution in [1.29, 1.82) is 0 Å².